The minimum Gasteiger partial charge on any atom is -0.468 e. The summed E-state index contributed by atoms with van der Waals surface area (Å²) in [5, 5.41) is 8.46. The molecule has 0 bridgehead atoms. The maximum Gasteiger partial charge on any atom is 0.333 e. The van der Waals surface area contributed by atoms with Crippen LogP contribution in [0.2, 0.25) is 0 Å². The Morgan fingerprint density at radius 3 is 2.42 bits per heavy atom. The third-order valence-corrected chi connectivity index (χ3v) is 6.89. The molecule has 2 N–H and O–H groups in total. The monoisotopic (exact) mass is 564 g/mol. The lowest BCUT2D eigenvalue weighted by atomic mass is 10.2. The Labute approximate surface area is 231 Å². The average Bonchev–Trinajstić information content (AvgIpc) is 3.35. The molecule has 0 aliphatic heterocycles. The van der Waals surface area contributed by atoms with Crippen LogP contribution >= 0.6 is 11.8 Å². The predicted octanol–water partition coefficient (Wildman–Crippen LogP) is 2.37. The van der Waals surface area contributed by atoms with Crippen LogP contribution in [0.3, 0.4) is 0 Å². The minimum absolute atomic E-state index is 0.0416. The molecule has 4 aromatic rings. The van der Waals surface area contributed by atoms with Crippen LogP contribution in [0.25, 0.3) is 11.4 Å². The van der Waals surface area contributed by atoms with Crippen molar-refractivity contribution in [3.63, 3.8) is 0 Å². The van der Waals surface area contributed by atoms with E-state index in [1.54, 1.807) is 59.2 Å². The number of ether oxygens (including phenoxy) is 1. The number of nitrogens with zero attached hydrogens (tertiary/aromatic N) is 5. The van der Waals surface area contributed by atoms with Crippen molar-refractivity contribution in [2.24, 2.45) is 0 Å². The van der Waals surface area contributed by atoms with Gasteiger partial charge in [-0.2, -0.15) is 0 Å². The van der Waals surface area contributed by atoms with E-state index >= 15 is 0 Å². The van der Waals surface area contributed by atoms with E-state index in [4.69, 9.17) is 5.73 Å². The Morgan fingerprint density at radius 1 is 1.05 bits per heavy atom. The zero-order chi connectivity index (χ0) is 28.8. The summed E-state index contributed by atoms with van der Waals surface area (Å²) in [7, 11) is 1.12. The van der Waals surface area contributed by atoms with E-state index in [1.807, 2.05) is 0 Å². The van der Waals surface area contributed by atoms with Gasteiger partial charge in [0, 0.05) is 6.54 Å². The van der Waals surface area contributed by atoms with Gasteiger partial charge < -0.3 is 10.5 Å². The van der Waals surface area contributed by atoms with Crippen LogP contribution < -0.4 is 17.0 Å². The minimum atomic E-state index is -1.01. The van der Waals surface area contributed by atoms with E-state index < -0.39 is 40.9 Å². The van der Waals surface area contributed by atoms with Gasteiger partial charge in [0.1, 0.15) is 23.7 Å². The summed E-state index contributed by atoms with van der Waals surface area (Å²) in [4.78, 5) is 51.8. The van der Waals surface area contributed by atoms with Crippen molar-refractivity contribution in [1.82, 2.24) is 23.9 Å². The molecule has 13 heteroatoms. The number of carbonyl (C=O) groups excluding carboxylic acids is 2. The average molecular weight is 565 g/mol. The number of benzene rings is 2. The topological polar surface area (TPSA) is 144 Å². The van der Waals surface area contributed by atoms with Crippen molar-refractivity contribution in [1.29, 1.82) is 0 Å². The number of esters is 1. The van der Waals surface area contributed by atoms with Crippen LogP contribution in [0.5, 0.6) is 0 Å². The van der Waals surface area contributed by atoms with Crippen molar-refractivity contribution in [2.75, 3.05) is 18.6 Å². The second-order valence-electron chi connectivity index (χ2n) is 8.48. The highest BCUT2D eigenvalue weighted by Gasteiger charge is 2.25. The number of nitrogen functional groups attached to an aromatic ring is 1. The fourth-order valence-electron chi connectivity index (χ4n) is 3.96. The number of allylic oxidation sites excluding steroid dienone is 1. The molecule has 40 heavy (non-hydrogen) atoms. The second-order valence-corrected chi connectivity index (χ2v) is 9.42. The smallest absolute Gasteiger partial charge is 0.333 e. The summed E-state index contributed by atoms with van der Waals surface area (Å²) >= 11 is 0.954. The molecule has 0 saturated carbocycles. The summed E-state index contributed by atoms with van der Waals surface area (Å²) in [6.45, 7) is 3.20. The first kappa shape index (κ1) is 28.2. The molecule has 0 amide bonds. The standard InChI is InChI=1S/C27H25FN6O5S/c1-3-13-32-24(18-11-7-8-12-19(18)28)30-31-26(32)40-16-20(35)22-23(29)33(14-17-9-5-4-6-10-17)27(38)34(25(22)37)15-21(36)39-2/h3-12H,1,13-16,29H2,2H3. The molecule has 0 unspecified atom stereocenters. The Hall–Kier alpha value is -4.78. The fraction of sp³-hybridized carbons (Fsp3) is 0.185. The lowest BCUT2D eigenvalue weighted by Gasteiger charge is -2.16. The number of thioether (sulfide) groups is 1. The number of nitrogens with two attached hydrogens (primary N) is 1. The summed E-state index contributed by atoms with van der Waals surface area (Å²) in [6, 6.07) is 14.9. The third-order valence-electron chi connectivity index (χ3n) is 5.92. The van der Waals surface area contributed by atoms with E-state index in [0.717, 1.165) is 23.4 Å². The highest BCUT2D eigenvalue weighted by Crippen LogP contribution is 2.26. The lowest BCUT2D eigenvalue weighted by Crippen LogP contribution is -2.45. The van der Waals surface area contributed by atoms with Gasteiger partial charge in [0.05, 0.1) is 25.0 Å². The number of ketones is 1. The number of methoxy groups -OCH3 is 1. The predicted molar refractivity (Wildman–Crippen MR) is 148 cm³/mol. The van der Waals surface area contributed by atoms with Crippen molar-refractivity contribution in [2.45, 2.75) is 24.8 Å². The number of Topliss-reactive ketones (excluding diaryl/α,β-unsaturated/α-hetero) is 1. The fourth-order valence-corrected chi connectivity index (χ4v) is 4.78. The summed E-state index contributed by atoms with van der Waals surface area (Å²) in [5.41, 5.74) is 4.81. The molecule has 2 aromatic heterocycles. The quantitative estimate of drug-likeness (QED) is 0.126. The largest absolute Gasteiger partial charge is 0.468 e. The number of halogens is 1. The number of hydrogen-bond acceptors (Lipinski definition) is 9. The van der Waals surface area contributed by atoms with E-state index in [9.17, 15) is 23.6 Å². The molecule has 0 aliphatic rings. The van der Waals surface area contributed by atoms with Crippen LogP contribution in [0.4, 0.5) is 10.2 Å². The van der Waals surface area contributed by atoms with Gasteiger partial charge in [-0.25, -0.2) is 13.8 Å². The molecule has 2 heterocycles. The molecule has 2 aromatic carbocycles. The molecule has 0 aliphatic carbocycles. The van der Waals surface area contributed by atoms with Gasteiger partial charge in [-0.1, -0.05) is 60.3 Å². The number of anilines is 1. The van der Waals surface area contributed by atoms with Gasteiger partial charge in [0.25, 0.3) is 5.56 Å². The molecular formula is C27H25FN6O5S. The maximum absolute atomic E-state index is 14.4. The Balaban J connectivity index is 1.71. The molecule has 206 valence electrons. The molecule has 0 fully saturated rings. The SMILES string of the molecule is C=CCn1c(SCC(=O)c2c(N)n(Cc3ccccc3)c(=O)n(CC(=O)OC)c2=O)nnc1-c1ccccc1F. The number of aromatic nitrogens is 5. The number of rotatable bonds is 11. The Bertz CT molecular complexity index is 1700. The van der Waals surface area contributed by atoms with Crippen molar-refractivity contribution in [3.05, 3.63) is 105 Å². The molecule has 0 atom stereocenters. The zero-order valence-electron chi connectivity index (χ0n) is 21.4. The van der Waals surface area contributed by atoms with E-state index in [-0.39, 0.29) is 41.2 Å². The van der Waals surface area contributed by atoms with Gasteiger partial charge in [-0.3, -0.25) is 23.5 Å². The van der Waals surface area contributed by atoms with Crippen molar-refractivity contribution < 1.29 is 18.7 Å². The molecule has 0 radical (unpaired) electrons. The van der Waals surface area contributed by atoms with Crippen LogP contribution in [0.15, 0.2) is 82.0 Å². The lowest BCUT2D eigenvalue weighted by molar-refractivity contribution is -0.141. The highest BCUT2D eigenvalue weighted by atomic mass is 32.2. The molecule has 0 saturated heterocycles. The molecule has 0 spiro atoms. The van der Waals surface area contributed by atoms with Gasteiger partial charge in [0.2, 0.25) is 0 Å². The first-order chi connectivity index (χ1) is 19.3. The van der Waals surface area contributed by atoms with Crippen LogP contribution in [0, 0.1) is 5.82 Å². The summed E-state index contributed by atoms with van der Waals surface area (Å²) in [6.07, 6.45) is 1.57. The van der Waals surface area contributed by atoms with Crippen LogP contribution in [0.1, 0.15) is 15.9 Å². The Morgan fingerprint density at radius 2 is 1.75 bits per heavy atom. The first-order valence-electron chi connectivity index (χ1n) is 12.0. The number of hydrogen-bond donors (Lipinski definition) is 1. The van der Waals surface area contributed by atoms with Gasteiger partial charge in [0.15, 0.2) is 16.8 Å². The first-order valence-corrected chi connectivity index (χ1v) is 12.9. The number of carbonyl (C=O) groups is 2. The summed E-state index contributed by atoms with van der Waals surface area (Å²) in [5.74, 6) is -2.44. The van der Waals surface area contributed by atoms with E-state index in [0.29, 0.717) is 10.1 Å². The van der Waals surface area contributed by atoms with Crippen LogP contribution in [-0.2, 0) is 29.2 Å². The van der Waals surface area contributed by atoms with Gasteiger partial charge in [-0.15, -0.1) is 16.8 Å². The normalized spacial score (nSPS) is 10.8. The van der Waals surface area contributed by atoms with Crippen molar-refractivity contribution in [3.8, 4) is 11.4 Å². The maximum atomic E-state index is 14.4. The summed E-state index contributed by atoms with van der Waals surface area (Å²) < 4.78 is 22.3. The second kappa shape index (κ2) is 12.4. The van der Waals surface area contributed by atoms with Crippen molar-refractivity contribution >= 4 is 29.3 Å². The van der Waals surface area contributed by atoms with E-state index in [1.165, 1.54) is 6.07 Å². The molecular weight excluding hydrogens is 539 g/mol. The third kappa shape index (κ3) is 5.78. The molecule has 11 nitrogen and oxygen atoms in total. The zero-order valence-corrected chi connectivity index (χ0v) is 22.3. The van der Waals surface area contributed by atoms with Gasteiger partial charge in [-0.05, 0) is 17.7 Å². The highest BCUT2D eigenvalue weighted by molar-refractivity contribution is 7.99. The van der Waals surface area contributed by atoms with Crippen LogP contribution in [-0.4, -0.2) is 48.5 Å². The van der Waals surface area contributed by atoms with Gasteiger partial charge >= 0.3 is 11.7 Å². The van der Waals surface area contributed by atoms with E-state index in [2.05, 4.69) is 21.5 Å². The Kier molecular flexibility index (Phi) is 8.74. The molecule has 4 rings (SSSR count).